The molecule has 3 rings (SSSR count). The zero-order valence-electron chi connectivity index (χ0n) is 20.7. The highest BCUT2D eigenvalue weighted by molar-refractivity contribution is 7.89. The van der Waals surface area contributed by atoms with Gasteiger partial charge in [-0.25, -0.2) is 8.42 Å². The highest BCUT2D eigenvalue weighted by atomic mass is 32.2. The van der Waals surface area contributed by atoms with Gasteiger partial charge in [0.2, 0.25) is 21.8 Å². The van der Waals surface area contributed by atoms with E-state index in [2.05, 4.69) is 10.0 Å². The van der Waals surface area contributed by atoms with Gasteiger partial charge in [0.1, 0.15) is 17.8 Å². The van der Waals surface area contributed by atoms with E-state index in [-0.39, 0.29) is 23.0 Å². The van der Waals surface area contributed by atoms with Crippen molar-refractivity contribution >= 4 is 38.3 Å². The molecule has 0 bridgehead atoms. The van der Waals surface area contributed by atoms with Crippen molar-refractivity contribution in [1.29, 1.82) is 0 Å². The number of hydrogen-bond donors (Lipinski definition) is 4. The monoisotopic (exact) mass is 512 g/mol. The van der Waals surface area contributed by atoms with Crippen LogP contribution in [-0.4, -0.2) is 51.5 Å². The lowest BCUT2D eigenvalue weighted by molar-refractivity contribution is -0.129. The minimum absolute atomic E-state index is 0.0113. The second kappa shape index (κ2) is 11.0. The highest BCUT2D eigenvalue weighted by Gasteiger charge is 2.31. The molecule has 9 nitrogen and oxygen atoms in total. The van der Waals surface area contributed by atoms with E-state index in [0.717, 1.165) is 11.1 Å². The molecule has 0 aliphatic heterocycles. The zero-order valence-corrected chi connectivity index (χ0v) is 21.5. The zero-order chi connectivity index (χ0) is 26.6. The summed E-state index contributed by atoms with van der Waals surface area (Å²) in [6.45, 7) is 3.46. The van der Waals surface area contributed by atoms with Crippen LogP contribution in [0, 0.1) is 5.92 Å². The molecule has 0 heterocycles. The SMILES string of the molecule is CC(C)[C@H](NC(=O)[C@H](Cc1ccc(O)cc1)NS(=O)(=O)c1cccc2c(N(C)C)cccc12)C(N)=O. The van der Waals surface area contributed by atoms with E-state index < -0.39 is 33.9 Å². The number of fused-ring (bicyclic) bond motifs is 1. The fourth-order valence-electron chi connectivity index (χ4n) is 4.02. The lowest BCUT2D eigenvalue weighted by Gasteiger charge is -2.24. The highest BCUT2D eigenvalue weighted by Crippen LogP contribution is 2.30. The van der Waals surface area contributed by atoms with Gasteiger partial charge in [-0.3, -0.25) is 9.59 Å². The maximum atomic E-state index is 13.6. The molecular formula is C26H32N4O5S. The Morgan fingerprint density at radius 2 is 1.58 bits per heavy atom. The summed E-state index contributed by atoms with van der Waals surface area (Å²) in [7, 11) is -0.431. The normalized spacial score (nSPS) is 13.4. The Bertz CT molecular complexity index is 1350. The number of phenolic OH excluding ortho intramolecular Hbond substituents is 1. The summed E-state index contributed by atoms with van der Waals surface area (Å²) < 4.78 is 29.7. The van der Waals surface area contributed by atoms with E-state index in [0.29, 0.717) is 10.9 Å². The smallest absolute Gasteiger partial charge is 0.241 e. The van der Waals surface area contributed by atoms with Gasteiger partial charge < -0.3 is 21.1 Å². The summed E-state index contributed by atoms with van der Waals surface area (Å²) in [5.41, 5.74) is 6.92. The fraction of sp³-hybridized carbons (Fsp3) is 0.308. The summed E-state index contributed by atoms with van der Waals surface area (Å²) in [5, 5.41) is 13.4. The summed E-state index contributed by atoms with van der Waals surface area (Å²) in [6, 6.07) is 14.2. The van der Waals surface area contributed by atoms with Crippen molar-refractivity contribution in [1.82, 2.24) is 10.0 Å². The summed E-state index contributed by atoms with van der Waals surface area (Å²) in [6.07, 6.45) is -0.0113. The molecule has 0 aromatic heterocycles. The average Bonchev–Trinajstić information content (AvgIpc) is 2.81. The van der Waals surface area contributed by atoms with Crippen LogP contribution < -0.4 is 20.7 Å². The van der Waals surface area contributed by atoms with E-state index in [9.17, 15) is 23.1 Å². The number of nitrogens with two attached hydrogens (primary N) is 1. The first-order valence-corrected chi connectivity index (χ1v) is 13.0. The van der Waals surface area contributed by atoms with Crippen LogP contribution in [0.4, 0.5) is 5.69 Å². The number of carbonyl (C=O) groups excluding carboxylic acids is 2. The first kappa shape index (κ1) is 27.0. The topological polar surface area (TPSA) is 142 Å². The Labute approximate surface area is 211 Å². The van der Waals surface area contributed by atoms with E-state index >= 15 is 0 Å². The van der Waals surface area contributed by atoms with Crippen LogP contribution in [0.1, 0.15) is 19.4 Å². The number of rotatable bonds is 10. The van der Waals surface area contributed by atoms with E-state index in [1.165, 1.54) is 18.2 Å². The maximum Gasteiger partial charge on any atom is 0.241 e. The number of carbonyl (C=O) groups is 2. The quantitative estimate of drug-likeness (QED) is 0.328. The van der Waals surface area contributed by atoms with Gasteiger partial charge >= 0.3 is 0 Å². The van der Waals surface area contributed by atoms with Crippen LogP contribution in [0.3, 0.4) is 0 Å². The Balaban J connectivity index is 2.02. The van der Waals surface area contributed by atoms with Gasteiger partial charge in [-0.15, -0.1) is 0 Å². The molecule has 0 fully saturated rings. The van der Waals surface area contributed by atoms with Crippen LogP contribution in [0.15, 0.2) is 65.6 Å². The Morgan fingerprint density at radius 1 is 0.972 bits per heavy atom. The number of aromatic hydroxyl groups is 1. The second-order valence-corrected chi connectivity index (χ2v) is 10.9. The second-order valence-electron chi connectivity index (χ2n) is 9.20. The molecule has 3 aromatic carbocycles. The average molecular weight is 513 g/mol. The fourth-order valence-corrected chi connectivity index (χ4v) is 5.43. The van der Waals surface area contributed by atoms with Gasteiger partial charge in [0.25, 0.3) is 0 Å². The molecular weight excluding hydrogens is 480 g/mol. The molecule has 2 atom stereocenters. The molecule has 0 saturated carbocycles. The minimum atomic E-state index is -4.17. The van der Waals surface area contributed by atoms with Crippen molar-refractivity contribution in [3.63, 3.8) is 0 Å². The standard InChI is InChI=1S/C26H32N4O5S/c1-16(2)24(25(27)32)28-26(33)21(15-17-11-13-18(31)14-12-17)29-36(34,35)23-10-6-7-19-20(23)8-5-9-22(19)30(3)4/h5-14,16,21,24,29,31H,15H2,1-4H3,(H2,27,32)(H,28,33)/t21-,24-/m0/s1. The molecule has 192 valence electrons. The number of nitrogens with one attached hydrogen (secondary N) is 2. The number of anilines is 1. The number of hydrogen-bond acceptors (Lipinski definition) is 6. The predicted molar refractivity (Wildman–Crippen MR) is 140 cm³/mol. The summed E-state index contributed by atoms with van der Waals surface area (Å²) >= 11 is 0. The molecule has 3 aromatic rings. The van der Waals surface area contributed by atoms with Crippen LogP contribution in [0.2, 0.25) is 0 Å². The van der Waals surface area contributed by atoms with Crippen molar-refractivity contribution in [2.24, 2.45) is 11.7 Å². The number of nitrogens with zero attached hydrogens (tertiary/aromatic N) is 1. The Morgan fingerprint density at radius 3 is 2.17 bits per heavy atom. The van der Waals surface area contributed by atoms with Gasteiger partial charge in [-0.05, 0) is 42.2 Å². The number of benzene rings is 3. The molecule has 10 heteroatoms. The van der Waals surface area contributed by atoms with Crippen molar-refractivity contribution < 1.29 is 23.1 Å². The van der Waals surface area contributed by atoms with Gasteiger partial charge in [0.05, 0.1) is 4.90 Å². The molecule has 0 saturated heterocycles. The number of sulfonamides is 1. The van der Waals surface area contributed by atoms with Gasteiger partial charge in [0.15, 0.2) is 0 Å². The largest absolute Gasteiger partial charge is 0.508 e. The molecule has 2 amide bonds. The third-order valence-electron chi connectivity index (χ3n) is 5.89. The van der Waals surface area contributed by atoms with Gasteiger partial charge in [0, 0.05) is 30.6 Å². The minimum Gasteiger partial charge on any atom is -0.508 e. The first-order valence-electron chi connectivity index (χ1n) is 11.5. The van der Waals surface area contributed by atoms with E-state index in [1.807, 2.05) is 31.1 Å². The van der Waals surface area contributed by atoms with Gasteiger partial charge in [-0.2, -0.15) is 4.72 Å². The lowest BCUT2D eigenvalue weighted by Crippen LogP contribution is -2.55. The van der Waals surface area contributed by atoms with Crippen LogP contribution in [0.25, 0.3) is 10.8 Å². The molecule has 5 N–H and O–H groups in total. The van der Waals surface area contributed by atoms with Crippen molar-refractivity contribution in [3.05, 3.63) is 66.2 Å². The van der Waals surface area contributed by atoms with Crippen LogP contribution in [0.5, 0.6) is 5.75 Å². The number of amides is 2. The number of phenols is 1. The third kappa shape index (κ3) is 6.13. The third-order valence-corrected chi connectivity index (χ3v) is 7.42. The van der Waals surface area contributed by atoms with E-state index in [1.54, 1.807) is 44.2 Å². The predicted octanol–water partition coefficient (Wildman–Crippen LogP) is 2.13. The maximum absolute atomic E-state index is 13.6. The van der Waals surface area contributed by atoms with Crippen molar-refractivity contribution in [2.45, 2.75) is 37.2 Å². The van der Waals surface area contributed by atoms with Crippen molar-refractivity contribution in [2.75, 3.05) is 19.0 Å². The van der Waals surface area contributed by atoms with Gasteiger partial charge in [-0.1, -0.05) is 50.2 Å². The molecule has 0 spiro atoms. The van der Waals surface area contributed by atoms with Crippen molar-refractivity contribution in [3.8, 4) is 5.75 Å². The first-order chi connectivity index (χ1) is 16.9. The summed E-state index contributed by atoms with van der Waals surface area (Å²) in [5.74, 6) is -1.64. The molecule has 0 aliphatic carbocycles. The Hall–Kier alpha value is -3.63. The molecule has 0 radical (unpaired) electrons. The lowest BCUT2D eigenvalue weighted by atomic mass is 10.0. The molecule has 0 unspecified atom stereocenters. The Kier molecular flexibility index (Phi) is 8.21. The van der Waals surface area contributed by atoms with E-state index in [4.69, 9.17) is 5.73 Å². The van der Waals surface area contributed by atoms with Crippen LogP contribution >= 0.6 is 0 Å². The summed E-state index contributed by atoms with van der Waals surface area (Å²) in [4.78, 5) is 27.0. The van der Waals surface area contributed by atoms with Crippen LogP contribution in [-0.2, 0) is 26.0 Å². The molecule has 36 heavy (non-hydrogen) atoms. The molecule has 0 aliphatic rings. The number of primary amides is 1.